The molecule has 2 heteroatoms. The van der Waals surface area contributed by atoms with E-state index in [1.54, 1.807) is 0 Å². The van der Waals surface area contributed by atoms with Gasteiger partial charge in [0.05, 0.1) is 11.6 Å². The topological polar surface area (TPSA) is 27.0 Å². The highest BCUT2D eigenvalue weighted by Gasteiger charge is 2.19. The molecule has 1 aliphatic rings. The van der Waals surface area contributed by atoms with E-state index in [0.717, 1.165) is 30.0 Å². The molecule has 1 aliphatic heterocycles. The molecular formula is C18H20N2. The normalized spacial score (nSPS) is 16.3. The zero-order valence-corrected chi connectivity index (χ0v) is 12.0. The summed E-state index contributed by atoms with van der Waals surface area (Å²) >= 11 is 0. The van der Waals surface area contributed by atoms with Crippen molar-refractivity contribution >= 4 is 16.5 Å². The lowest BCUT2D eigenvalue weighted by molar-refractivity contribution is 0.395. The lowest BCUT2D eigenvalue weighted by Gasteiger charge is -2.34. The molecule has 20 heavy (non-hydrogen) atoms. The van der Waals surface area contributed by atoms with Crippen LogP contribution in [0.3, 0.4) is 0 Å². The third-order valence-electron chi connectivity index (χ3n) is 4.55. The SMILES string of the molecule is CCC1CCN(c2ccc(C#N)c3ccccc23)CC1. The maximum atomic E-state index is 9.24. The van der Waals surface area contributed by atoms with Gasteiger partial charge in [-0.25, -0.2) is 0 Å². The summed E-state index contributed by atoms with van der Waals surface area (Å²) in [7, 11) is 0. The lowest BCUT2D eigenvalue weighted by atomic mass is 9.93. The Kier molecular flexibility index (Phi) is 3.60. The van der Waals surface area contributed by atoms with Crippen LogP contribution in [0.4, 0.5) is 5.69 Å². The lowest BCUT2D eigenvalue weighted by Crippen LogP contribution is -2.33. The van der Waals surface area contributed by atoms with Crippen LogP contribution in [0.1, 0.15) is 31.7 Å². The third-order valence-corrected chi connectivity index (χ3v) is 4.55. The van der Waals surface area contributed by atoms with Crippen LogP contribution in [0.25, 0.3) is 10.8 Å². The van der Waals surface area contributed by atoms with Crippen LogP contribution in [0.5, 0.6) is 0 Å². The molecule has 102 valence electrons. The van der Waals surface area contributed by atoms with Crippen LogP contribution >= 0.6 is 0 Å². The molecule has 0 radical (unpaired) electrons. The summed E-state index contributed by atoms with van der Waals surface area (Å²) in [6, 6.07) is 14.6. The summed E-state index contributed by atoms with van der Waals surface area (Å²) in [6.07, 6.45) is 3.86. The molecule has 0 N–H and O–H groups in total. The second kappa shape index (κ2) is 5.54. The fourth-order valence-electron chi connectivity index (χ4n) is 3.24. The minimum absolute atomic E-state index is 0.771. The quantitative estimate of drug-likeness (QED) is 0.807. The monoisotopic (exact) mass is 264 g/mol. The number of nitrogens with zero attached hydrogens (tertiary/aromatic N) is 2. The minimum atomic E-state index is 0.771. The molecule has 0 unspecified atom stereocenters. The van der Waals surface area contributed by atoms with Gasteiger partial charge in [-0.15, -0.1) is 0 Å². The second-order valence-electron chi connectivity index (χ2n) is 5.63. The second-order valence-corrected chi connectivity index (χ2v) is 5.63. The highest BCUT2D eigenvalue weighted by atomic mass is 15.1. The molecule has 0 spiro atoms. The molecule has 2 aromatic carbocycles. The Hall–Kier alpha value is -2.01. The van der Waals surface area contributed by atoms with E-state index in [1.807, 2.05) is 12.1 Å². The number of piperidine rings is 1. The molecule has 1 heterocycles. The number of hydrogen-bond donors (Lipinski definition) is 0. The van der Waals surface area contributed by atoms with Crippen molar-refractivity contribution in [2.24, 2.45) is 5.92 Å². The Labute approximate surface area is 120 Å². The summed E-state index contributed by atoms with van der Waals surface area (Å²) in [5.74, 6) is 0.885. The van der Waals surface area contributed by atoms with Gasteiger partial charge in [-0.2, -0.15) is 5.26 Å². The van der Waals surface area contributed by atoms with E-state index in [0.29, 0.717) is 0 Å². The van der Waals surface area contributed by atoms with Crippen molar-refractivity contribution in [1.29, 1.82) is 5.26 Å². The summed E-state index contributed by atoms with van der Waals surface area (Å²) in [4.78, 5) is 2.48. The standard InChI is InChI=1S/C18H20N2/c1-2-14-9-11-20(12-10-14)18-8-7-15(13-19)16-5-3-4-6-17(16)18/h3-8,14H,2,9-12H2,1H3. The van der Waals surface area contributed by atoms with Gasteiger partial charge in [0.25, 0.3) is 0 Å². The van der Waals surface area contributed by atoms with Crippen molar-refractivity contribution in [3.63, 3.8) is 0 Å². The molecule has 0 atom stereocenters. The van der Waals surface area contributed by atoms with Crippen molar-refractivity contribution in [2.45, 2.75) is 26.2 Å². The van der Waals surface area contributed by atoms with E-state index < -0.39 is 0 Å². The van der Waals surface area contributed by atoms with Crippen molar-refractivity contribution in [3.05, 3.63) is 42.0 Å². The smallest absolute Gasteiger partial charge is 0.0998 e. The maximum Gasteiger partial charge on any atom is 0.0998 e. The summed E-state index contributed by atoms with van der Waals surface area (Å²) in [6.45, 7) is 4.56. The highest BCUT2D eigenvalue weighted by Crippen LogP contribution is 2.32. The van der Waals surface area contributed by atoms with E-state index in [9.17, 15) is 5.26 Å². The number of benzene rings is 2. The summed E-state index contributed by atoms with van der Waals surface area (Å²) < 4.78 is 0. The van der Waals surface area contributed by atoms with Crippen molar-refractivity contribution in [2.75, 3.05) is 18.0 Å². The van der Waals surface area contributed by atoms with Crippen LogP contribution in [0.15, 0.2) is 36.4 Å². The van der Waals surface area contributed by atoms with Crippen LogP contribution in [-0.4, -0.2) is 13.1 Å². The number of fused-ring (bicyclic) bond motifs is 1. The molecule has 0 bridgehead atoms. The van der Waals surface area contributed by atoms with E-state index in [1.165, 1.54) is 30.3 Å². The van der Waals surface area contributed by atoms with Gasteiger partial charge in [0.2, 0.25) is 0 Å². The molecule has 0 aliphatic carbocycles. The first-order valence-electron chi connectivity index (χ1n) is 7.50. The number of nitriles is 1. The molecule has 3 rings (SSSR count). The molecule has 0 saturated carbocycles. The number of hydrogen-bond acceptors (Lipinski definition) is 2. The van der Waals surface area contributed by atoms with Gasteiger partial charge in [-0.1, -0.05) is 37.6 Å². The average molecular weight is 264 g/mol. The van der Waals surface area contributed by atoms with E-state index in [4.69, 9.17) is 0 Å². The largest absolute Gasteiger partial charge is 0.371 e. The summed E-state index contributed by atoms with van der Waals surface area (Å²) in [5, 5.41) is 11.5. The van der Waals surface area contributed by atoms with Gasteiger partial charge in [0.1, 0.15) is 0 Å². The number of rotatable bonds is 2. The maximum absolute atomic E-state index is 9.24. The predicted octanol–water partition coefficient (Wildman–Crippen LogP) is 4.34. The molecule has 0 amide bonds. The predicted molar refractivity (Wildman–Crippen MR) is 83.9 cm³/mol. The Bertz CT molecular complexity index is 646. The molecular weight excluding hydrogens is 244 g/mol. The zero-order valence-electron chi connectivity index (χ0n) is 12.0. The fourth-order valence-corrected chi connectivity index (χ4v) is 3.24. The van der Waals surface area contributed by atoms with Gasteiger partial charge >= 0.3 is 0 Å². The van der Waals surface area contributed by atoms with Gasteiger partial charge in [0, 0.05) is 29.5 Å². The average Bonchev–Trinajstić information content (AvgIpc) is 2.54. The van der Waals surface area contributed by atoms with Gasteiger partial charge in [-0.05, 0) is 30.9 Å². The Balaban J connectivity index is 1.99. The first-order valence-corrected chi connectivity index (χ1v) is 7.50. The fraction of sp³-hybridized carbons (Fsp3) is 0.389. The summed E-state index contributed by atoms with van der Waals surface area (Å²) in [5.41, 5.74) is 2.06. The molecule has 2 aromatic rings. The first-order chi connectivity index (χ1) is 9.83. The van der Waals surface area contributed by atoms with Crippen LogP contribution in [-0.2, 0) is 0 Å². The van der Waals surface area contributed by atoms with Crippen LogP contribution in [0, 0.1) is 17.2 Å². The Morgan fingerprint density at radius 1 is 1.10 bits per heavy atom. The highest BCUT2D eigenvalue weighted by molar-refractivity contribution is 5.97. The van der Waals surface area contributed by atoms with E-state index in [-0.39, 0.29) is 0 Å². The minimum Gasteiger partial charge on any atom is -0.371 e. The third kappa shape index (κ3) is 2.25. The van der Waals surface area contributed by atoms with Gasteiger partial charge in [-0.3, -0.25) is 0 Å². The molecule has 2 nitrogen and oxygen atoms in total. The van der Waals surface area contributed by atoms with Crippen LogP contribution in [0.2, 0.25) is 0 Å². The number of anilines is 1. The van der Waals surface area contributed by atoms with Crippen molar-refractivity contribution in [1.82, 2.24) is 0 Å². The van der Waals surface area contributed by atoms with E-state index >= 15 is 0 Å². The van der Waals surface area contributed by atoms with Crippen LogP contribution < -0.4 is 4.90 Å². The molecule has 1 saturated heterocycles. The van der Waals surface area contributed by atoms with Gasteiger partial charge in [0.15, 0.2) is 0 Å². The van der Waals surface area contributed by atoms with Crippen molar-refractivity contribution in [3.8, 4) is 6.07 Å². The molecule has 1 fully saturated rings. The Morgan fingerprint density at radius 3 is 2.45 bits per heavy atom. The first kappa shape index (κ1) is 13.0. The molecule has 0 aromatic heterocycles. The Morgan fingerprint density at radius 2 is 1.80 bits per heavy atom. The van der Waals surface area contributed by atoms with Crippen molar-refractivity contribution < 1.29 is 0 Å². The van der Waals surface area contributed by atoms with Gasteiger partial charge < -0.3 is 4.90 Å². The van der Waals surface area contributed by atoms with E-state index in [2.05, 4.69) is 42.2 Å². The zero-order chi connectivity index (χ0) is 13.9.